The van der Waals surface area contributed by atoms with E-state index in [9.17, 15) is 22.4 Å². The van der Waals surface area contributed by atoms with Crippen molar-refractivity contribution in [1.82, 2.24) is 19.5 Å². The second-order valence-corrected chi connectivity index (χ2v) is 7.80. The Bertz CT molecular complexity index is 1390. The van der Waals surface area contributed by atoms with Crippen LogP contribution in [0.3, 0.4) is 0 Å². The molecule has 4 rings (SSSR count). The van der Waals surface area contributed by atoms with Crippen molar-refractivity contribution in [2.45, 2.75) is 12.6 Å². The molecule has 8 nitrogen and oxygen atoms in total. The third kappa shape index (κ3) is 5.77. The third-order valence-corrected chi connectivity index (χ3v) is 5.08. The predicted octanol–water partition coefficient (Wildman–Crippen LogP) is 4.97. The first-order valence-corrected chi connectivity index (χ1v) is 10.5. The SMILES string of the molecule is COc1ncc(NC(=O)Cc2ccc(-c3cnc(Nc4ccn(C)c4)nc3)c(F)c2)cc1C(F)(F)F. The molecular weight excluding hydrogens is 480 g/mol. The normalized spacial score (nSPS) is 11.3. The standard InChI is InChI=1S/C24H20F4N6O2/c1-34-6-5-16(13-34)33-23-30-10-15(11-31-23)18-4-3-14(7-20(18)25)8-21(35)32-17-9-19(24(26,27)28)22(36-2)29-12-17/h3-7,9-13H,8H2,1-2H3,(H,32,35)(H,30,31,33). The van der Waals surface area contributed by atoms with E-state index in [4.69, 9.17) is 0 Å². The van der Waals surface area contributed by atoms with Crippen LogP contribution in [0.4, 0.5) is 34.9 Å². The van der Waals surface area contributed by atoms with Gasteiger partial charge in [-0.3, -0.25) is 4.79 Å². The molecule has 12 heteroatoms. The van der Waals surface area contributed by atoms with Crippen molar-refractivity contribution >= 4 is 23.2 Å². The van der Waals surface area contributed by atoms with Crippen LogP contribution in [0.2, 0.25) is 0 Å². The summed E-state index contributed by atoms with van der Waals surface area (Å²) in [7, 11) is 2.95. The molecule has 0 aliphatic carbocycles. The molecule has 4 aromatic rings. The Balaban J connectivity index is 1.42. The van der Waals surface area contributed by atoms with Crippen LogP contribution in [0.5, 0.6) is 5.88 Å². The van der Waals surface area contributed by atoms with Crippen molar-refractivity contribution in [1.29, 1.82) is 0 Å². The number of nitrogens with one attached hydrogen (secondary N) is 2. The number of rotatable bonds is 7. The molecule has 0 spiro atoms. The summed E-state index contributed by atoms with van der Waals surface area (Å²) < 4.78 is 60.7. The number of pyridine rings is 1. The number of hydrogen-bond acceptors (Lipinski definition) is 6. The van der Waals surface area contributed by atoms with Crippen molar-refractivity contribution in [2.75, 3.05) is 17.7 Å². The first-order chi connectivity index (χ1) is 17.1. The lowest BCUT2D eigenvalue weighted by Gasteiger charge is -2.13. The fraction of sp³-hybridized carbons (Fsp3) is 0.167. The molecule has 1 aromatic carbocycles. The first-order valence-electron chi connectivity index (χ1n) is 10.5. The molecule has 36 heavy (non-hydrogen) atoms. The maximum Gasteiger partial charge on any atom is 0.421 e. The summed E-state index contributed by atoms with van der Waals surface area (Å²) in [5, 5.41) is 5.37. The van der Waals surface area contributed by atoms with E-state index in [1.54, 1.807) is 6.07 Å². The fourth-order valence-corrected chi connectivity index (χ4v) is 3.42. The van der Waals surface area contributed by atoms with Gasteiger partial charge in [-0.2, -0.15) is 13.2 Å². The molecule has 0 aliphatic rings. The number of halogens is 4. The molecule has 186 valence electrons. The van der Waals surface area contributed by atoms with Crippen molar-refractivity contribution in [3.8, 4) is 17.0 Å². The van der Waals surface area contributed by atoms with Gasteiger partial charge >= 0.3 is 6.18 Å². The minimum atomic E-state index is -4.71. The Morgan fingerprint density at radius 3 is 2.42 bits per heavy atom. The van der Waals surface area contributed by atoms with Gasteiger partial charge in [0.1, 0.15) is 11.4 Å². The van der Waals surface area contributed by atoms with E-state index in [0.29, 0.717) is 17.1 Å². The summed E-state index contributed by atoms with van der Waals surface area (Å²) in [6, 6.07) is 6.79. The van der Waals surface area contributed by atoms with Crippen LogP contribution in [-0.4, -0.2) is 32.5 Å². The van der Waals surface area contributed by atoms with Crippen LogP contribution in [0.1, 0.15) is 11.1 Å². The number of aromatic nitrogens is 4. The zero-order valence-corrected chi connectivity index (χ0v) is 19.1. The van der Waals surface area contributed by atoms with E-state index >= 15 is 0 Å². The lowest BCUT2D eigenvalue weighted by molar-refractivity contribution is -0.139. The predicted molar refractivity (Wildman–Crippen MR) is 124 cm³/mol. The summed E-state index contributed by atoms with van der Waals surface area (Å²) in [4.78, 5) is 24.3. The van der Waals surface area contributed by atoms with Gasteiger partial charge in [0.05, 0.1) is 31.1 Å². The number of alkyl halides is 3. The van der Waals surface area contributed by atoms with E-state index in [-0.39, 0.29) is 17.7 Å². The van der Waals surface area contributed by atoms with Gasteiger partial charge in [0, 0.05) is 43.0 Å². The highest BCUT2D eigenvalue weighted by molar-refractivity contribution is 5.92. The molecule has 3 heterocycles. The highest BCUT2D eigenvalue weighted by Gasteiger charge is 2.35. The summed E-state index contributed by atoms with van der Waals surface area (Å²) in [5.41, 5.74) is 0.524. The van der Waals surface area contributed by atoms with Crippen LogP contribution < -0.4 is 15.4 Å². The number of carbonyl (C=O) groups is 1. The van der Waals surface area contributed by atoms with Crippen LogP contribution in [0.15, 0.2) is 61.3 Å². The van der Waals surface area contributed by atoms with E-state index in [1.807, 2.05) is 30.1 Å². The lowest BCUT2D eigenvalue weighted by Crippen LogP contribution is -2.16. The van der Waals surface area contributed by atoms with Gasteiger partial charge in [0.25, 0.3) is 0 Å². The number of nitrogens with zero attached hydrogens (tertiary/aromatic N) is 4. The molecule has 1 amide bonds. The molecule has 2 N–H and O–H groups in total. The fourth-order valence-electron chi connectivity index (χ4n) is 3.42. The van der Waals surface area contributed by atoms with Gasteiger partial charge in [-0.15, -0.1) is 0 Å². The van der Waals surface area contributed by atoms with Crippen molar-refractivity contribution in [3.05, 3.63) is 78.3 Å². The maximum atomic E-state index is 14.8. The smallest absolute Gasteiger partial charge is 0.421 e. The van der Waals surface area contributed by atoms with E-state index in [1.165, 1.54) is 24.5 Å². The zero-order valence-electron chi connectivity index (χ0n) is 19.1. The zero-order chi connectivity index (χ0) is 25.9. The van der Waals surface area contributed by atoms with Crippen molar-refractivity contribution < 1.29 is 27.1 Å². The Hall–Kier alpha value is -4.48. The minimum absolute atomic E-state index is 0.161. The molecule has 3 aromatic heterocycles. The van der Waals surface area contributed by atoms with Crippen molar-refractivity contribution in [3.63, 3.8) is 0 Å². The summed E-state index contributed by atoms with van der Waals surface area (Å²) in [6.07, 6.45) is 2.73. The molecule has 0 fully saturated rings. The summed E-state index contributed by atoms with van der Waals surface area (Å²) >= 11 is 0. The lowest BCUT2D eigenvalue weighted by atomic mass is 10.0. The number of amides is 1. The largest absolute Gasteiger partial charge is 0.481 e. The van der Waals surface area contributed by atoms with Gasteiger partial charge in [-0.25, -0.2) is 19.3 Å². The highest BCUT2D eigenvalue weighted by Crippen LogP contribution is 2.36. The van der Waals surface area contributed by atoms with E-state index in [0.717, 1.165) is 25.1 Å². The molecule has 0 bridgehead atoms. The Morgan fingerprint density at radius 1 is 1.06 bits per heavy atom. The van der Waals surface area contributed by atoms with Crippen LogP contribution in [-0.2, 0) is 24.4 Å². The first kappa shape index (κ1) is 24.6. The van der Waals surface area contributed by atoms with Crippen molar-refractivity contribution in [2.24, 2.45) is 7.05 Å². The molecule has 0 saturated heterocycles. The third-order valence-electron chi connectivity index (χ3n) is 5.08. The number of ether oxygens (including phenoxy) is 1. The van der Waals surface area contributed by atoms with Crippen LogP contribution in [0.25, 0.3) is 11.1 Å². The van der Waals surface area contributed by atoms with Crippen LogP contribution >= 0.6 is 0 Å². The summed E-state index contributed by atoms with van der Waals surface area (Å²) in [5.74, 6) is -1.49. The summed E-state index contributed by atoms with van der Waals surface area (Å²) in [6.45, 7) is 0. The number of hydrogen-bond donors (Lipinski definition) is 2. The van der Waals surface area contributed by atoms with Gasteiger partial charge in [-0.05, 0) is 23.8 Å². The van der Waals surface area contributed by atoms with Gasteiger partial charge < -0.3 is 19.9 Å². The molecule has 0 saturated carbocycles. The average Bonchev–Trinajstić information content (AvgIpc) is 3.23. The average molecular weight is 500 g/mol. The van der Waals surface area contributed by atoms with E-state index in [2.05, 4.69) is 30.3 Å². The molecule has 0 atom stereocenters. The number of aryl methyl sites for hydroxylation is 1. The molecule has 0 unspecified atom stereocenters. The minimum Gasteiger partial charge on any atom is -0.481 e. The van der Waals surface area contributed by atoms with E-state index < -0.39 is 29.3 Å². The second kappa shape index (κ2) is 10.0. The number of benzene rings is 1. The maximum absolute atomic E-state index is 14.8. The van der Waals surface area contributed by atoms with Gasteiger partial charge in [0.2, 0.25) is 17.7 Å². The highest BCUT2D eigenvalue weighted by atomic mass is 19.4. The molecule has 0 radical (unpaired) electrons. The van der Waals surface area contributed by atoms with Crippen LogP contribution in [0, 0.1) is 5.82 Å². The second-order valence-electron chi connectivity index (χ2n) is 7.80. The number of anilines is 3. The molecular formula is C24H20F4N6O2. The quantitative estimate of drug-likeness (QED) is 0.348. The Morgan fingerprint density at radius 2 is 1.81 bits per heavy atom. The topological polar surface area (TPSA) is 94.0 Å². The van der Waals surface area contributed by atoms with Gasteiger partial charge in [-0.1, -0.05) is 12.1 Å². The molecule has 0 aliphatic heterocycles. The Labute approximate surface area is 203 Å². The number of methoxy groups -OCH3 is 1. The van der Waals surface area contributed by atoms with Gasteiger partial charge in [0.15, 0.2) is 0 Å². The monoisotopic (exact) mass is 500 g/mol. The Kier molecular flexibility index (Phi) is 6.86. The number of carbonyl (C=O) groups excluding carboxylic acids is 1.